The Bertz CT molecular complexity index is 1220. The first-order valence-corrected chi connectivity index (χ1v) is 11.6. The van der Waals surface area contributed by atoms with E-state index in [2.05, 4.69) is 5.16 Å². The summed E-state index contributed by atoms with van der Waals surface area (Å²) in [6.45, 7) is -0.0958. The van der Waals surface area contributed by atoms with E-state index in [1.54, 1.807) is 43.5 Å². The number of oxime groups is 1. The molecule has 0 fully saturated rings. The molecule has 0 spiro atoms. The summed E-state index contributed by atoms with van der Waals surface area (Å²) in [5.74, 6) is 0.203. The quantitative estimate of drug-likeness (QED) is 0.511. The van der Waals surface area contributed by atoms with Gasteiger partial charge in [0.25, 0.3) is 0 Å². The smallest absolute Gasteiger partial charge is 0.243 e. The topological polar surface area (TPSA) is 68.2 Å². The zero-order chi connectivity index (χ0) is 22.6. The Morgan fingerprint density at radius 2 is 1.72 bits per heavy atom. The number of hydrogen-bond acceptors (Lipinski definition) is 5. The Morgan fingerprint density at radius 3 is 2.47 bits per heavy atom. The molecule has 0 saturated carbocycles. The fourth-order valence-corrected chi connectivity index (χ4v) is 5.07. The predicted molar refractivity (Wildman–Crippen MR) is 119 cm³/mol. The Morgan fingerprint density at radius 1 is 1.03 bits per heavy atom. The molecule has 1 aliphatic heterocycles. The Kier molecular flexibility index (Phi) is 6.53. The molecule has 1 atom stereocenters. The zero-order valence-electron chi connectivity index (χ0n) is 17.5. The van der Waals surface area contributed by atoms with Crippen LogP contribution in [0.4, 0.5) is 4.39 Å². The second kappa shape index (κ2) is 9.50. The molecule has 4 rings (SSSR count). The summed E-state index contributed by atoms with van der Waals surface area (Å²) in [7, 11) is -2.31. The summed E-state index contributed by atoms with van der Waals surface area (Å²) in [6, 6.07) is 21.7. The van der Waals surface area contributed by atoms with Gasteiger partial charge in [-0.15, -0.1) is 0 Å². The van der Waals surface area contributed by atoms with Gasteiger partial charge in [0.05, 0.1) is 24.3 Å². The van der Waals surface area contributed by atoms with Crippen molar-refractivity contribution in [2.75, 3.05) is 13.7 Å². The molecular weight excluding hydrogens is 431 g/mol. The van der Waals surface area contributed by atoms with Gasteiger partial charge >= 0.3 is 0 Å². The van der Waals surface area contributed by atoms with Crippen LogP contribution >= 0.6 is 0 Å². The van der Waals surface area contributed by atoms with E-state index in [0.717, 1.165) is 5.56 Å². The molecule has 166 valence electrons. The molecule has 3 aromatic carbocycles. The van der Waals surface area contributed by atoms with Crippen LogP contribution in [0, 0.1) is 5.82 Å². The first-order chi connectivity index (χ1) is 15.5. The molecule has 0 aromatic heterocycles. The van der Waals surface area contributed by atoms with Gasteiger partial charge < -0.3 is 9.57 Å². The van der Waals surface area contributed by atoms with Crippen LogP contribution in [-0.4, -0.2) is 38.2 Å². The minimum atomic E-state index is -3.89. The number of halogens is 1. The average molecular weight is 455 g/mol. The lowest BCUT2D eigenvalue weighted by atomic mass is 10.0. The van der Waals surface area contributed by atoms with Crippen LogP contribution in [0.15, 0.2) is 88.9 Å². The molecule has 0 saturated heterocycles. The van der Waals surface area contributed by atoms with Gasteiger partial charge in [-0.25, -0.2) is 12.8 Å². The maximum Gasteiger partial charge on any atom is 0.243 e. The second-order valence-electron chi connectivity index (χ2n) is 7.37. The molecule has 0 aliphatic carbocycles. The molecule has 1 heterocycles. The SMILES string of the molecule is COc1ccccc1C1=NOC(CN(Cc2ccccc2F)S(=O)(=O)c2ccccc2)C1. The zero-order valence-corrected chi connectivity index (χ0v) is 18.3. The third-order valence-corrected chi connectivity index (χ3v) is 7.07. The Hall–Kier alpha value is -3.23. The number of hydrogen-bond donors (Lipinski definition) is 0. The van der Waals surface area contributed by atoms with Crippen molar-refractivity contribution in [3.05, 3.63) is 95.8 Å². The lowest BCUT2D eigenvalue weighted by molar-refractivity contribution is 0.0692. The van der Waals surface area contributed by atoms with Crippen LogP contribution in [-0.2, 0) is 21.4 Å². The lowest BCUT2D eigenvalue weighted by Crippen LogP contribution is -2.37. The van der Waals surface area contributed by atoms with Gasteiger partial charge in [0.1, 0.15) is 17.7 Å². The summed E-state index contributed by atoms with van der Waals surface area (Å²) < 4.78 is 47.7. The monoisotopic (exact) mass is 454 g/mol. The van der Waals surface area contributed by atoms with Crippen molar-refractivity contribution < 1.29 is 22.4 Å². The lowest BCUT2D eigenvalue weighted by Gasteiger charge is -2.24. The summed E-state index contributed by atoms with van der Waals surface area (Å²) in [5.41, 5.74) is 1.76. The number of para-hydroxylation sites is 1. The molecular formula is C24H23FN2O4S. The molecule has 6 nitrogen and oxygen atoms in total. The molecule has 0 N–H and O–H groups in total. The average Bonchev–Trinajstić information content (AvgIpc) is 3.29. The van der Waals surface area contributed by atoms with Crippen LogP contribution < -0.4 is 4.74 Å². The third kappa shape index (κ3) is 4.66. The van der Waals surface area contributed by atoms with E-state index in [9.17, 15) is 12.8 Å². The van der Waals surface area contributed by atoms with Crippen LogP contribution in [0.1, 0.15) is 17.5 Å². The largest absolute Gasteiger partial charge is 0.496 e. The molecule has 8 heteroatoms. The van der Waals surface area contributed by atoms with E-state index in [1.165, 1.54) is 22.5 Å². The first kappa shape index (κ1) is 22.0. The van der Waals surface area contributed by atoms with Gasteiger partial charge in [-0.2, -0.15) is 4.31 Å². The molecule has 1 aliphatic rings. The van der Waals surface area contributed by atoms with Crippen molar-refractivity contribution in [3.8, 4) is 5.75 Å². The first-order valence-electron chi connectivity index (χ1n) is 10.1. The van der Waals surface area contributed by atoms with Crippen molar-refractivity contribution in [3.63, 3.8) is 0 Å². The van der Waals surface area contributed by atoms with E-state index < -0.39 is 21.9 Å². The summed E-state index contributed by atoms with van der Waals surface area (Å²) in [6.07, 6.45) is -0.112. The fraction of sp³-hybridized carbons (Fsp3) is 0.208. The number of sulfonamides is 1. The minimum Gasteiger partial charge on any atom is -0.496 e. The van der Waals surface area contributed by atoms with Crippen LogP contribution in [0.2, 0.25) is 0 Å². The standard InChI is InChI=1S/C24H23FN2O4S/c1-30-24-14-8-6-12-21(24)23-15-19(31-26-23)17-27(16-18-9-5-7-13-22(18)25)32(28,29)20-10-3-2-4-11-20/h2-14,19H,15-17H2,1H3. The van der Waals surface area contributed by atoms with Crippen molar-refractivity contribution in [2.45, 2.75) is 24.0 Å². The Labute approximate surface area is 186 Å². The summed E-state index contributed by atoms with van der Waals surface area (Å²) >= 11 is 0. The predicted octanol–water partition coefficient (Wildman–Crippen LogP) is 4.22. The molecule has 0 amide bonds. The highest BCUT2D eigenvalue weighted by molar-refractivity contribution is 7.89. The second-order valence-corrected chi connectivity index (χ2v) is 9.31. The summed E-state index contributed by atoms with van der Waals surface area (Å²) in [5, 5.41) is 4.17. The van der Waals surface area contributed by atoms with Gasteiger partial charge in [0.2, 0.25) is 10.0 Å². The number of rotatable bonds is 8. The van der Waals surface area contributed by atoms with Crippen LogP contribution in [0.25, 0.3) is 0 Å². The number of nitrogens with zero attached hydrogens (tertiary/aromatic N) is 2. The molecule has 3 aromatic rings. The Balaban J connectivity index is 1.58. The highest BCUT2D eigenvalue weighted by Gasteiger charge is 2.32. The van der Waals surface area contributed by atoms with Gasteiger partial charge in [0.15, 0.2) is 0 Å². The molecule has 0 bridgehead atoms. The molecule has 1 unspecified atom stereocenters. The van der Waals surface area contributed by atoms with Crippen LogP contribution in [0.5, 0.6) is 5.75 Å². The maximum atomic E-state index is 14.3. The van der Waals surface area contributed by atoms with E-state index in [-0.39, 0.29) is 23.5 Å². The number of methoxy groups -OCH3 is 1. The summed E-state index contributed by atoms with van der Waals surface area (Å²) in [4.78, 5) is 5.72. The molecule has 32 heavy (non-hydrogen) atoms. The van der Waals surface area contributed by atoms with E-state index in [1.807, 2.05) is 24.3 Å². The number of benzene rings is 3. The highest BCUT2D eigenvalue weighted by Crippen LogP contribution is 2.27. The fourth-order valence-electron chi connectivity index (χ4n) is 3.60. The van der Waals surface area contributed by atoms with Crippen molar-refractivity contribution in [2.24, 2.45) is 5.16 Å². The van der Waals surface area contributed by atoms with Crippen molar-refractivity contribution >= 4 is 15.7 Å². The minimum absolute atomic E-state index is 0.0215. The van der Waals surface area contributed by atoms with Crippen molar-refractivity contribution in [1.82, 2.24) is 4.31 Å². The molecule has 0 radical (unpaired) electrons. The van der Waals surface area contributed by atoms with E-state index >= 15 is 0 Å². The van der Waals surface area contributed by atoms with Gasteiger partial charge in [0, 0.05) is 24.1 Å². The van der Waals surface area contributed by atoms with Gasteiger partial charge in [-0.3, -0.25) is 0 Å². The third-order valence-electron chi connectivity index (χ3n) is 5.24. The highest BCUT2D eigenvalue weighted by atomic mass is 32.2. The normalized spacial score (nSPS) is 16.0. The van der Waals surface area contributed by atoms with Crippen molar-refractivity contribution in [1.29, 1.82) is 0 Å². The number of ether oxygens (including phenoxy) is 1. The van der Waals surface area contributed by atoms with Gasteiger partial charge in [-0.05, 0) is 30.3 Å². The van der Waals surface area contributed by atoms with Crippen LogP contribution in [0.3, 0.4) is 0 Å². The van der Waals surface area contributed by atoms with Gasteiger partial charge in [-0.1, -0.05) is 53.7 Å². The maximum absolute atomic E-state index is 14.3. The van der Waals surface area contributed by atoms with E-state index in [4.69, 9.17) is 9.57 Å². The van der Waals surface area contributed by atoms with E-state index in [0.29, 0.717) is 17.9 Å².